The van der Waals surface area contributed by atoms with E-state index in [-0.39, 0.29) is 11.8 Å². The highest BCUT2D eigenvalue weighted by atomic mass is 19.4. The van der Waals surface area contributed by atoms with E-state index in [1.54, 1.807) is 12.1 Å². The van der Waals surface area contributed by atoms with Crippen LogP contribution in [0.1, 0.15) is 18.4 Å². The summed E-state index contributed by atoms with van der Waals surface area (Å²) >= 11 is 0. The fourth-order valence-electron chi connectivity index (χ4n) is 2.21. The summed E-state index contributed by atoms with van der Waals surface area (Å²) in [5.74, 6) is -0.168. The average Bonchev–Trinajstić information content (AvgIpc) is 2.30. The summed E-state index contributed by atoms with van der Waals surface area (Å²) < 4.78 is 40.3. The molecular formula is C13H17F3N2O. The molecule has 0 unspecified atom stereocenters. The van der Waals surface area contributed by atoms with Gasteiger partial charge in [0.25, 0.3) is 0 Å². The minimum atomic E-state index is -4.64. The van der Waals surface area contributed by atoms with Crippen molar-refractivity contribution in [2.75, 3.05) is 13.1 Å². The lowest BCUT2D eigenvalue weighted by Gasteiger charge is -2.30. The molecule has 106 valence electrons. The van der Waals surface area contributed by atoms with E-state index in [1.807, 2.05) is 0 Å². The summed E-state index contributed by atoms with van der Waals surface area (Å²) in [6, 6.07) is 6.37. The van der Waals surface area contributed by atoms with Gasteiger partial charge in [-0.15, -0.1) is 13.2 Å². The van der Waals surface area contributed by atoms with Crippen LogP contribution in [-0.4, -0.2) is 30.4 Å². The van der Waals surface area contributed by atoms with Crippen LogP contribution < -0.4 is 10.5 Å². The first-order chi connectivity index (χ1) is 8.92. The Bertz CT molecular complexity index is 415. The lowest BCUT2D eigenvalue weighted by molar-refractivity contribution is -0.274. The van der Waals surface area contributed by atoms with E-state index in [0.717, 1.165) is 31.5 Å². The Kier molecular flexibility index (Phi) is 4.31. The lowest BCUT2D eigenvalue weighted by atomic mass is 10.1. The zero-order chi connectivity index (χ0) is 13.9. The summed E-state index contributed by atoms with van der Waals surface area (Å²) in [6.07, 6.45) is -2.78. The standard InChI is InChI=1S/C13H17F3N2O/c14-13(15,16)19-12-3-1-2-10(8-12)9-18-6-4-11(17)5-7-18/h1-3,8,11H,4-7,9,17H2. The van der Waals surface area contributed by atoms with Crippen molar-refractivity contribution in [2.45, 2.75) is 31.8 Å². The number of nitrogens with two attached hydrogens (primary N) is 1. The Morgan fingerprint density at radius 1 is 1.26 bits per heavy atom. The van der Waals surface area contributed by atoms with Gasteiger partial charge in [-0.1, -0.05) is 12.1 Å². The van der Waals surface area contributed by atoms with Crippen molar-refractivity contribution in [3.05, 3.63) is 29.8 Å². The molecule has 3 nitrogen and oxygen atoms in total. The third-order valence-corrected chi connectivity index (χ3v) is 3.17. The van der Waals surface area contributed by atoms with Gasteiger partial charge in [0.05, 0.1) is 0 Å². The Balaban J connectivity index is 1.95. The van der Waals surface area contributed by atoms with Crippen molar-refractivity contribution in [1.29, 1.82) is 0 Å². The van der Waals surface area contributed by atoms with Crippen LogP contribution in [0.25, 0.3) is 0 Å². The van der Waals surface area contributed by atoms with Crippen molar-refractivity contribution in [1.82, 2.24) is 4.90 Å². The molecule has 19 heavy (non-hydrogen) atoms. The number of likely N-dealkylation sites (tertiary alicyclic amines) is 1. The molecule has 0 aromatic heterocycles. The molecule has 0 bridgehead atoms. The second-order valence-electron chi connectivity index (χ2n) is 4.81. The maximum absolute atomic E-state index is 12.1. The summed E-state index contributed by atoms with van der Waals surface area (Å²) in [7, 11) is 0. The number of benzene rings is 1. The van der Waals surface area contributed by atoms with E-state index in [2.05, 4.69) is 9.64 Å². The fraction of sp³-hybridized carbons (Fsp3) is 0.538. The molecule has 0 atom stereocenters. The van der Waals surface area contributed by atoms with Gasteiger partial charge in [0.1, 0.15) is 5.75 Å². The van der Waals surface area contributed by atoms with Gasteiger partial charge in [-0.05, 0) is 43.6 Å². The molecule has 0 radical (unpaired) electrons. The predicted molar refractivity (Wildman–Crippen MR) is 65.6 cm³/mol. The number of hydrogen-bond acceptors (Lipinski definition) is 3. The van der Waals surface area contributed by atoms with Crippen LogP contribution in [0.15, 0.2) is 24.3 Å². The van der Waals surface area contributed by atoms with E-state index in [0.29, 0.717) is 6.54 Å². The molecule has 2 N–H and O–H groups in total. The number of hydrogen-bond donors (Lipinski definition) is 1. The van der Waals surface area contributed by atoms with Gasteiger partial charge in [-0.3, -0.25) is 4.90 Å². The molecule has 1 heterocycles. The van der Waals surface area contributed by atoms with Crippen LogP contribution in [0.2, 0.25) is 0 Å². The molecule has 1 aromatic carbocycles. The van der Waals surface area contributed by atoms with Crippen LogP contribution >= 0.6 is 0 Å². The first-order valence-corrected chi connectivity index (χ1v) is 6.25. The Morgan fingerprint density at radius 2 is 1.95 bits per heavy atom. The van der Waals surface area contributed by atoms with Gasteiger partial charge in [0.15, 0.2) is 0 Å². The highest BCUT2D eigenvalue weighted by molar-refractivity contribution is 5.28. The number of piperidine rings is 1. The van der Waals surface area contributed by atoms with Crippen LogP contribution in [0.4, 0.5) is 13.2 Å². The molecule has 1 aliphatic heterocycles. The Labute approximate surface area is 110 Å². The molecule has 1 saturated heterocycles. The smallest absolute Gasteiger partial charge is 0.406 e. The van der Waals surface area contributed by atoms with Crippen LogP contribution in [0, 0.1) is 0 Å². The number of ether oxygens (including phenoxy) is 1. The zero-order valence-corrected chi connectivity index (χ0v) is 10.5. The van der Waals surface area contributed by atoms with Crippen LogP contribution in [0.5, 0.6) is 5.75 Å². The normalized spacial score (nSPS) is 18.5. The molecular weight excluding hydrogens is 257 g/mol. The SMILES string of the molecule is NC1CCN(Cc2cccc(OC(F)(F)F)c2)CC1. The molecule has 0 spiro atoms. The van der Waals surface area contributed by atoms with E-state index in [9.17, 15) is 13.2 Å². The van der Waals surface area contributed by atoms with E-state index in [1.165, 1.54) is 12.1 Å². The summed E-state index contributed by atoms with van der Waals surface area (Å²) in [5, 5.41) is 0. The van der Waals surface area contributed by atoms with E-state index in [4.69, 9.17) is 5.73 Å². The van der Waals surface area contributed by atoms with Crippen molar-refractivity contribution in [3.8, 4) is 5.75 Å². The fourth-order valence-corrected chi connectivity index (χ4v) is 2.21. The van der Waals surface area contributed by atoms with Crippen molar-refractivity contribution < 1.29 is 17.9 Å². The number of rotatable bonds is 3. The molecule has 1 fully saturated rings. The largest absolute Gasteiger partial charge is 0.573 e. The number of alkyl halides is 3. The van der Waals surface area contributed by atoms with Gasteiger partial charge in [-0.25, -0.2) is 0 Å². The summed E-state index contributed by atoms with van der Waals surface area (Å²) in [4.78, 5) is 2.19. The van der Waals surface area contributed by atoms with Gasteiger partial charge < -0.3 is 10.5 Å². The van der Waals surface area contributed by atoms with Gasteiger partial charge >= 0.3 is 6.36 Å². The minimum absolute atomic E-state index is 0.168. The quantitative estimate of drug-likeness (QED) is 0.920. The van der Waals surface area contributed by atoms with Crippen LogP contribution in [-0.2, 0) is 6.54 Å². The first kappa shape index (κ1) is 14.1. The molecule has 2 rings (SSSR count). The molecule has 0 saturated carbocycles. The monoisotopic (exact) mass is 274 g/mol. The van der Waals surface area contributed by atoms with Crippen LogP contribution in [0.3, 0.4) is 0 Å². The maximum atomic E-state index is 12.1. The lowest BCUT2D eigenvalue weighted by Crippen LogP contribution is -2.39. The second-order valence-corrected chi connectivity index (χ2v) is 4.81. The summed E-state index contributed by atoms with van der Waals surface area (Å²) in [6.45, 7) is 2.39. The van der Waals surface area contributed by atoms with Crippen molar-refractivity contribution in [2.24, 2.45) is 5.73 Å². The highest BCUT2D eigenvalue weighted by Gasteiger charge is 2.31. The molecule has 0 amide bonds. The molecule has 6 heteroatoms. The number of halogens is 3. The summed E-state index contributed by atoms with van der Waals surface area (Å²) in [5.41, 5.74) is 6.63. The third-order valence-electron chi connectivity index (χ3n) is 3.17. The van der Waals surface area contributed by atoms with Crippen molar-refractivity contribution >= 4 is 0 Å². The topological polar surface area (TPSA) is 38.5 Å². The molecule has 0 aliphatic carbocycles. The Hall–Kier alpha value is -1.27. The van der Waals surface area contributed by atoms with E-state index >= 15 is 0 Å². The minimum Gasteiger partial charge on any atom is -0.406 e. The average molecular weight is 274 g/mol. The zero-order valence-electron chi connectivity index (χ0n) is 10.5. The molecule has 1 aromatic rings. The van der Waals surface area contributed by atoms with Gasteiger partial charge in [0, 0.05) is 12.6 Å². The van der Waals surface area contributed by atoms with Gasteiger partial charge in [-0.2, -0.15) is 0 Å². The van der Waals surface area contributed by atoms with E-state index < -0.39 is 6.36 Å². The third kappa shape index (κ3) is 4.72. The van der Waals surface area contributed by atoms with Crippen molar-refractivity contribution in [3.63, 3.8) is 0 Å². The predicted octanol–water partition coefficient (Wildman–Crippen LogP) is 2.51. The maximum Gasteiger partial charge on any atom is 0.573 e. The molecule has 1 aliphatic rings. The number of nitrogens with zero attached hydrogens (tertiary/aromatic N) is 1. The van der Waals surface area contributed by atoms with Gasteiger partial charge in [0.2, 0.25) is 0 Å². The Morgan fingerprint density at radius 3 is 2.58 bits per heavy atom. The first-order valence-electron chi connectivity index (χ1n) is 6.25. The highest BCUT2D eigenvalue weighted by Crippen LogP contribution is 2.24. The second kappa shape index (κ2) is 5.79.